The normalized spacial score (nSPS) is 27.4. The third-order valence-electron chi connectivity index (χ3n) is 2.38. The van der Waals surface area contributed by atoms with E-state index in [1.165, 1.54) is 11.1 Å². The summed E-state index contributed by atoms with van der Waals surface area (Å²) >= 11 is 0. The van der Waals surface area contributed by atoms with Gasteiger partial charge in [-0.3, -0.25) is 0 Å². The summed E-state index contributed by atoms with van der Waals surface area (Å²) in [4.78, 5) is 0. The van der Waals surface area contributed by atoms with E-state index in [1.807, 2.05) is 6.07 Å². The second-order valence-corrected chi connectivity index (χ2v) is 3.47. The van der Waals surface area contributed by atoms with Gasteiger partial charge in [0, 0.05) is 0 Å². The van der Waals surface area contributed by atoms with Gasteiger partial charge in [0.2, 0.25) is 0 Å². The highest BCUT2D eigenvalue weighted by Crippen LogP contribution is 2.27. The first-order chi connectivity index (χ1) is 6.27. The van der Waals surface area contributed by atoms with Crippen LogP contribution < -0.4 is 0 Å². The zero-order valence-electron chi connectivity index (χ0n) is 8.03. The van der Waals surface area contributed by atoms with Gasteiger partial charge in [0.15, 0.2) is 0 Å². The highest BCUT2D eigenvalue weighted by molar-refractivity contribution is 5.70. The Bertz CT molecular complexity index is 313. The van der Waals surface area contributed by atoms with Gasteiger partial charge in [0.05, 0.1) is 12.2 Å². The topological polar surface area (TPSA) is 9.23 Å². The lowest BCUT2D eigenvalue weighted by Gasteiger charge is -2.09. The summed E-state index contributed by atoms with van der Waals surface area (Å²) in [6.07, 6.45) is 2.68. The van der Waals surface area contributed by atoms with Gasteiger partial charge >= 0.3 is 0 Å². The van der Waals surface area contributed by atoms with E-state index < -0.39 is 0 Å². The lowest BCUT2D eigenvalue weighted by molar-refractivity contribution is 0.0865. The molecule has 1 aliphatic heterocycles. The second-order valence-electron chi connectivity index (χ2n) is 3.47. The molecule has 13 heavy (non-hydrogen) atoms. The van der Waals surface area contributed by atoms with Crippen LogP contribution >= 0.6 is 0 Å². The Hall–Kier alpha value is -1.08. The number of rotatable bonds is 1. The van der Waals surface area contributed by atoms with Gasteiger partial charge in [-0.05, 0) is 31.1 Å². The number of hydrogen-bond acceptors (Lipinski definition) is 1. The smallest absolute Gasteiger partial charge is 0.0808 e. The molecule has 0 saturated carbocycles. The Morgan fingerprint density at radius 3 is 2.31 bits per heavy atom. The predicted molar refractivity (Wildman–Crippen MR) is 54.4 cm³/mol. The molecule has 0 fully saturated rings. The Labute approximate surface area is 79.0 Å². The van der Waals surface area contributed by atoms with Crippen molar-refractivity contribution in [2.45, 2.75) is 26.1 Å². The van der Waals surface area contributed by atoms with Crippen LogP contribution in [0.25, 0.3) is 5.57 Å². The average Bonchev–Trinajstić information content (AvgIpc) is 2.47. The molecular weight excluding hydrogens is 160 g/mol. The molecule has 1 aromatic rings. The molecule has 1 aliphatic rings. The van der Waals surface area contributed by atoms with Gasteiger partial charge < -0.3 is 4.74 Å². The summed E-state index contributed by atoms with van der Waals surface area (Å²) < 4.78 is 5.64. The minimum absolute atomic E-state index is 0.234. The molecule has 1 aromatic carbocycles. The monoisotopic (exact) mass is 174 g/mol. The van der Waals surface area contributed by atoms with Crippen molar-refractivity contribution in [2.24, 2.45) is 0 Å². The molecule has 68 valence electrons. The Morgan fingerprint density at radius 2 is 1.77 bits per heavy atom. The van der Waals surface area contributed by atoms with E-state index in [0.717, 1.165) is 0 Å². The maximum absolute atomic E-state index is 5.64. The lowest BCUT2D eigenvalue weighted by Crippen LogP contribution is -2.06. The van der Waals surface area contributed by atoms with Crippen LogP contribution in [0.2, 0.25) is 0 Å². The zero-order chi connectivity index (χ0) is 9.26. The zero-order valence-corrected chi connectivity index (χ0v) is 8.03. The van der Waals surface area contributed by atoms with Crippen LogP contribution in [-0.2, 0) is 4.74 Å². The Morgan fingerprint density at radius 1 is 1.08 bits per heavy atom. The number of ether oxygens (including phenoxy) is 1. The molecule has 1 heterocycles. The van der Waals surface area contributed by atoms with Crippen LogP contribution in [0.4, 0.5) is 0 Å². The summed E-state index contributed by atoms with van der Waals surface area (Å²) in [7, 11) is 0. The molecule has 2 atom stereocenters. The molecule has 1 heteroatoms. The highest BCUT2D eigenvalue weighted by Gasteiger charge is 2.20. The SMILES string of the molecule is CC1C=C(c2ccccc2)C(C)O1. The van der Waals surface area contributed by atoms with Crippen molar-refractivity contribution in [3.63, 3.8) is 0 Å². The summed E-state index contributed by atoms with van der Waals surface area (Å²) in [6.45, 7) is 4.18. The third kappa shape index (κ3) is 1.65. The second kappa shape index (κ2) is 3.35. The Balaban J connectivity index is 2.32. The summed E-state index contributed by atoms with van der Waals surface area (Å²) in [5.74, 6) is 0. The van der Waals surface area contributed by atoms with E-state index in [2.05, 4.69) is 44.2 Å². The van der Waals surface area contributed by atoms with Crippen LogP contribution in [0.15, 0.2) is 36.4 Å². The quantitative estimate of drug-likeness (QED) is 0.636. The molecule has 0 amide bonds. The van der Waals surface area contributed by atoms with E-state index >= 15 is 0 Å². The van der Waals surface area contributed by atoms with Crippen LogP contribution in [0.5, 0.6) is 0 Å². The van der Waals surface area contributed by atoms with Crippen LogP contribution in [0.3, 0.4) is 0 Å². The van der Waals surface area contributed by atoms with E-state index in [1.54, 1.807) is 0 Å². The van der Waals surface area contributed by atoms with Gasteiger partial charge in [-0.2, -0.15) is 0 Å². The van der Waals surface area contributed by atoms with Crippen LogP contribution in [-0.4, -0.2) is 12.2 Å². The van der Waals surface area contributed by atoms with Crippen molar-refractivity contribution in [1.82, 2.24) is 0 Å². The predicted octanol–water partition coefficient (Wildman–Crippen LogP) is 2.88. The molecule has 0 spiro atoms. The van der Waals surface area contributed by atoms with Gasteiger partial charge in [0.1, 0.15) is 0 Å². The maximum atomic E-state index is 5.64. The summed E-state index contributed by atoms with van der Waals surface area (Å²) in [5.41, 5.74) is 2.59. The van der Waals surface area contributed by atoms with Gasteiger partial charge in [-0.25, -0.2) is 0 Å². The summed E-state index contributed by atoms with van der Waals surface area (Å²) in [6, 6.07) is 10.4. The fraction of sp³-hybridized carbons (Fsp3) is 0.333. The Kier molecular flexibility index (Phi) is 2.19. The molecule has 0 bridgehead atoms. The summed E-state index contributed by atoms with van der Waals surface area (Å²) in [5, 5.41) is 0. The van der Waals surface area contributed by atoms with Crippen LogP contribution in [0.1, 0.15) is 19.4 Å². The largest absolute Gasteiger partial charge is 0.367 e. The van der Waals surface area contributed by atoms with Crippen molar-refractivity contribution in [2.75, 3.05) is 0 Å². The lowest BCUT2D eigenvalue weighted by atomic mass is 10.0. The first-order valence-corrected chi connectivity index (χ1v) is 4.70. The molecule has 1 nitrogen and oxygen atoms in total. The van der Waals surface area contributed by atoms with Gasteiger partial charge in [-0.1, -0.05) is 30.3 Å². The minimum atomic E-state index is 0.234. The molecule has 0 aliphatic carbocycles. The molecule has 2 rings (SSSR count). The van der Waals surface area contributed by atoms with E-state index in [4.69, 9.17) is 4.74 Å². The minimum Gasteiger partial charge on any atom is -0.367 e. The first-order valence-electron chi connectivity index (χ1n) is 4.70. The third-order valence-corrected chi connectivity index (χ3v) is 2.38. The highest BCUT2D eigenvalue weighted by atomic mass is 16.5. The fourth-order valence-electron chi connectivity index (χ4n) is 1.78. The molecule has 0 N–H and O–H groups in total. The average molecular weight is 174 g/mol. The van der Waals surface area contributed by atoms with E-state index in [9.17, 15) is 0 Å². The van der Waals surface area contributed by atoms with Crippen molar-refractivity contribution < 1.29 is 4.74 Å². The molecule has 0 saturated heterocycles. The standard InChI is InChI=1S/C12H14O/c1-9-8-12(10(2)13-9)11-6-4-3-5-7-11/h3-10H,1-2H3. The molecule has 0 radical (unpaired) electrons. The fourth-order valence-corrected chi connectivity index (χ4v) is 1.78. The van der Waals surface area contributed by atoms with Crippen LogP contribution in [0, 0.1) is 0 Å². The maximum Gasteiger partial charge on any atom is 0.0808 e. The molecule has 0 aromatic heterocycles. The van der Waals surface area contributed by atoms with E-state index in [0.29, 0.717) is 0 Å². The van der Waals surface area contributed by atoms with Crippen molar-refractivity contribution in [3.8, 4) is 0 Å². The van der Waals surface area contributed by atoms with Crippen molar-refractivity contribution in [3.05, 3.63) is 42.0 Å². The van der Waals surface area contributed by atoms with Crippen molar-refractivity contribution in [1.29, 1.82) is 0 Å². The molecular formula is C12H14O. The number of benzene rings is 1. The van der Waals surface area contributed by atoms with Gasteiger partial charge in [-0.15, -0.1) is 0 Å². The van der Waals surface area contributed by atoms with Gasteiger partial charge in [0.25, 0.3) is 0 Å². The van der Waals surface area contributed by atoms with E-state index in [-0.39, 0.29) is 12.2 Å². The first kappa shape index (κ1) is 8.52. The molecule has 2 unspecified atom stereocenters. The van der Waals surface area contributed by atoms with Crippen molar-refractivity contribution >= 4 is 5.57 Å². The number of hydrogen-bond donors (Lipinski definition) is 0.